The molecule has 0 aliphatic heterocycles. The van der Waals surface area contributed by atoms with E-state index in [2.05, 4.69) is 24.5 Å². The van der Waals surface area contributed by atoms with E-state index in [-0.39, 0.29) is 59.2 Å². The number of unbranched alkanes of at least 4 members (excludes halogenated alkanes) is 3. The second kappa shape index (κ2) is 58.7. The molecule has 77 heavy (non-hydrogen) atoms. The van der Waals surface area contributed by atoms with E-state index < -0.39 is 11.9 Å². The first kappa shape index (κ1) is 78.5. The lowest BCUT2D eigenvalue weighted by molar-refractivity contribution is -0.145. The Morgan fingerprint density at radius 2 is 0.558 bits per heavy atom. The number of nitrogens with one attached hydrogen (secondary N) is 2. The summed E-state index contributed by atoms with van der Waals surface area (Å²) >= 11 is 0. The van der Waals surface area contributed by atoms with E-state index >= 15 is 0 Å². The molecule has 18 heteroatoms. The lowest BCUT2D eigenvalue weighted by Gasteiger charge is -2.08. The van der Waals surface area contributed by atoms with Crippen LogP contribution >= 0.6 is 0 Å². The topological polar surface area (TPSA) is 219 Å². The highest BCUT2D eigenvalue weighted by Gasteiger charge is 2.11. The second-order valence-electron chi connectivity index (χ2n) is 16.6. The van der Waals surface area contributed by atoms with Crippen molar-refractivity contribution in [3.63, 3.8) is 0 Å². The van der Waals surface area contributed by atoms with Crippen LogP contribution in [0.4, 0.5) is 11.4 Å². The summed E-state index contributed by atoms with van der Waals surface area (Å²) < 4.78 is 53.5. The number of benzene rings is 2. The molecule has 0 aromatic heterocycles. The molecule has 2 aromatic rings. The van der Waals surface area contributed by atoms with Crippen molar-refractivity contribution in [2.24, 2.45) is 0 Å². The zero-order valence-electron chi connectivity index (χ0n) is 45.8. The van der Waals surface area contributed by atoms with Crippen molar-refractivity contribution in [2.45, 2.75) is 167 Å². The van der Waals surface area contributed by atoms with Gasteiger partial charge < -0.3 is 58.0 Å². The molecule has 2 aromatic carbocycles. The van der Waals surface area contributed by atoms with E-state index in [1.807, 2.05) is 0 Å². The van der Waals surface area contributed by atoms with E-state index in [1.165, 1.54) is 0 Å². The summed E-state index contributed by atoms with van der Waals surface area (Å²) in [6.45, 7) is 20.9. The van der Waals surface area contributed by atoms with Gasteiger partial charge >= 0.3 is 23.9 Å². The molecule has 0 aliphatic rings. The summed E-state index contributed by atoms with van der Waals surface area (Å²) in [4.78, 5) is 68.1. The number of rotatable bonds is 43. The molecule has 0 atom stereocenters. The Morgan fingerprint density at radius 3 is 0.805 bits per heavy atom. The van der Waals surface area contributed by atoms with E-state index in [0.29, 0.717) is 116 Å². The molecule has 446 valence electrons. The second-order valence-corrected chi connectivity index (χ2v) is 16.6. The van der Waals surface area contributed by atoms with E-state index in [9.17, 15) is 28.8 Å². The fraction of sp³-hybridized carbons (Fsp3) is 0.695. The molecule has 18 nitrogen and oxygen atoms in total. The molecule has 0 bridgehead atoms. The van der Waals surface area contributed by atoms with Gasteiger partial charge in [0.2, 0.25) is 11.8 Å². The van der Waals surface area contributed by atoms with Crippen LogP contribution < -0.4 is 10.6 Å². The molecule has 2 rings (SSSR count). The summed E-state index contributed by atoms with van der Waals surface area (Å²) in [7, 11) is 0. The van der Waals surface area contributed by atoms with Crippen molar-refractivity contribution in [1.29, 1.82) is 0 Å². The molecule has 0 spiro atoms. The van der Waals surface area contributed by atoms with Crippen LogP contribution in [0.5, 0.6) is 0 Å². The zero-order chi connectivity index (χ0) is 54.5. The summed E-state index contributed by atoms with van der Waals surface area (Å²) in [6, 6.07) is 13.3. The van der Waals surface area contributed by atoms with Crippen LogP contribution in [0.2, 0.25) is 0 Å². The molecule has 0 saturated carbocycles. The molecule has 2 N–H and O–H groups in total. The number of esters is 4. The predicted molar refractivity (Wildman–Crippen MR) is 306 cm³/mol. The van der Waals surface area contributed by atoms with Crippen LogP contribution in [0.3, 0.4) is 0 Å². The Balaban J connectivity index is -0.000000658. The van der Waals surface area contributed by atoms with E-state index in [4.69, 9.17) is 47.4 Å². The van der Waals surface area contributed by atoms with E-state index in [0.717, 1.165) is 102 Å². The molecular weight excluding hydrogens is 993 g/mol. The number of carbonyl (C=O) groups is 6. The van der Waals surface area contributed by atoms with Crippen molar-refractivity contribution in [2.75, 3.05) is 116 Å². The number of ether oxygens (including phenoxy) is 10. The average molecular weight is 1100 g/mol. The number of carbonyl (C=O) groups excluding carboxylic acids is 6. The fourth-order valence-electron chi connectivity index (χ4n) is 5.63. The standard InChI is InChI=1S/C34H58O10.C12H16N2O2.C10H18O4.3CH4/c1-3-5-17-37-19-7-21-39-23-9-25-41-27-11-29-43-33(35)31-13-15-32(16-14-31)34(36)44-30-12-28-42-26-10-24-40-22-8-20-38-18-6-4-2;1-3-11(15)13-9-5-7-10(8-6-9)14-12(16)4-2;1-3-9(11)13-7-5-6-8-14-10(12)4-2;;;/h13-16H,3-12,17-30H2,1-2H3;5-8H,3-4H2,1-2H3,(H,13,15)(H,14,16);3-8H2,1-2H3;3*1H4. The number of anilines is 2. The zero-order valence-corrected chi connectivity index (χ0v) is 45.8. The highest BCUT2D eigenvalue weighted by molar-refractivity contribution is 5.94. The molecule has 0 aliphatic carbocycles. The molecule has 2 amide bonds. The highest BCUT2D eigenvalue weighted by atomic mass is 16.6. The summed E-state index contributed by atoms with van der Waals surface area (Å²) in [5.74, 6) is -1.28. The van der Waals surface area contributed by atoms with Crippen molar-refractivity contribution in [3.05, 3.63) is 59.7 Å². The first-order valence-electron chi connectivity index (χ1n) is 27.0. The Labute approximate surface area is 464 Å². The van der Waals surface area contributed by atoms with Crippen molar-refractivity contribution < 1.29 is 76.1 Å². The Morgan fingerprint density at radius 1 is 0.312 bits per heavy atom. The molecule has 0 unspecified atom stereocenters. The lowest BCUT2D eigenvalue weighted by Crippen LogP contribution is -2.11. The maximum atomic E-state index is 12.3. The minimum absolute atomic E-state index is 0. The van der Waals surface area contributed by atoms with Gasteiger partial charge in [-0.2, -0.15) is 0 Å². The maximum absolute atomic E-state index is 12.3. The average Bonchev–Trinajstić information content (AvgIpc) is 3.42. The monoisotopic (exact) mass is 1100 g/mol. The number of hydrogen-bond donors (Lipinski definition) is 2. The molecule has 0 heterocycles. The van der Waals surface area contributed by atoms with Gasteiger partial charge in [-0.05, 0) is 99.9 Å². The van der Waals surface area contributed by atoms with Gasteiger partial charge in [-0.15, -0.1) is 0 Å². The van der Waals surface area contributed by atoms with Crippen LogP contribution in [-0.4, -0.2) is 141 Å². The molecule has 0 saturated heterocycles. The predicted octanol–water partition coefficient (Wildman–Crippen LogP) is 12.0. The number of hydrogen-bond acceptors (Lipinski definition) is 16. The molecular formula is C59H104N2O16. The van der Waals surface area contributed by atoms with Gasteiger partial charge in [-0.1, -0.05) is 76.7 Å². The smallest absolute Gasteiger partial charge is 0.338 e. The fourth-order valence-corrected chi connectivity index (χ4v) is 5.63. The minimum Gasteiger partial charge on any atom is -0.466 e. The van der Waals surface area contributed by atoms with Crippen LogP contribution in [0, 0.1) is 0 Å². The Hall–Kier alpha value is -4.98. The van der Waals surface area contributed by atoms with Gasteiger partial charge in [0.25, 0.3) is 0 Å². The van der Waals surface area contributed by atoms with Gasteiger partial charge in [-0.25, -0.2) is 9.59 Å². The van der Waals surface area contributed by atoms with Gasteiger partial charge in [0, 0.05) is 129 Å². The number of amides is 2. The first-order chi connectivity index (χ1) is 36.0. The summed E-state index contributed by atoms with van der Waals surface area (Å²) in [5, 5.41) is 5.47. The van der Waals surface area contributed by atoms with Crippen molar-refractivity contribution >= 4 is 47.1 Å². The molecule has 0 radical (unpaired) electrons. The summed E-state index contributed by atoms with van der Waals surface area (Å²) in [5.41, 5.74) is 2.24. The maximum Gasteiger partial charge on any atom is 0.338 e. The van der Waals surface area contributed by atoms with Crippen LogP contribution in [-0.2, 0) is 66.5 Å². The lowest BCUT2D eigenvalue weighted by atomic mass is 10.1. The third kappa shape index (κ3) is 50.3. The van der Waals surface area contributed by atoms with Gasteiger partial charge in [0.05, 0.1) is 37.6 Å². The quantitative estimate of drug-likeness (QED) is 0.0358. The Bertz CT molecular complexity index is 1570. The van der Waals surface area contributed by atoms with Gasteiger partial charge in [-0.3, -0.25) is 19.2 Å². The van der Waals surface area contributed by atoms with E-state index in [1.54, 1.807) is 76.2 Å². The van der Waals surface area contributed by atoms with Gasteiger partial charge in [0.1, 0.15) is 0 Å². The normalized spacial score (nSPS) is 10.1. The SMILES string of the molecule is C.C.C.CCC(=O)Nc1ccc(NC(=O)CC)cc1.CCC(=O)OCCCCOC(=O)CC.CCCCOCCCOCCCOCCCOC(=O)c1ccc(C(=O)OCCCOCCCOCCCOCCCC)cc1. The van der Waals surface area contributed by atoms with Crippen LogP contribution in [0.15, 0.2) is 48.5 Å². The minimum atomic E-state index is -0.434. The summed E-state index contributed by atoms with van der Waals surface area (Å²) in [6.07, 6.45) is 12.4. The van der Waals surface area contributed by atoms with Gasteiger partial charge in [0.15, 0.2) is 0 Å². The first-order valence-corrected chi connectivity index (χ1v) is 27.0. The van der Waals surface area contributed by atoms with Crippen molar-refractivity contribution in [1.82, 2.24) is 0 Å². The van der Waals surface area contributed by atoms with Crippen molar-refractivity contribution in [3.8, 4) is 0 Å². The molecule has 0 fully saturated rings. The third-order valence-corrected chi connectivity index (χ3v) is 10.0. The Kier molecular flexibility index (Phi) is 59.9. The third-order valence-electron chi connectivity index (χ3n) is 10.0. The largest absolute Gasteiger partial charge is 0.466 e. The highest BCUT2D eigenvalue weighted by Crippen LogP contribution is 2.14. The van der Waals surface area contributed by atoms with Crippen LogP contribution in [0.1, 0.15) is 187 Å². The van der Waals surface area contributed by atoms with Crippen LogP contribution in [0.25, 0.3) is 0 Å².